The molecule has 4 aliphatic carbocycles. The van der Waals surface area contributed by atoms with Gasteiger partial charge in [-0.2, -0.15) is 0 Å². The molecule has 0 aliphatic heterocycles. The molecule has 6 rings (SSSR count). The summed E-state index contributed by atoms with van der Waals surface area (Å²) in [6, 6.07) is 19.0. The van der Waals surface area contributed by atoms with Crippen molar-refractivity contribution in [3.8, 4) is 0 Å². The summed E-state index contributed by atoms with van der Waals surface area (Å²) in [5.74, 6) is 0.835. The van der Waals surface area contributed by atoms with E-state index in [0.717, 1.165) is 43.5 Å². The second-order valence-electron chi connectivity index (χ2n) is 9.85. The number of carbonyl (C=O) groups is 2. The molecule has 4 bridgehead atoms. The third kappa shape index (κ3) is 3.83. The molecule has 6 nitrogen and oxygen atoms in total. The van der Waals surface area contributed by atoms with E-state index in [1.807, 2.05) is 60.7 Å². The van der Waals surface area contributed by atoms with Crippen LogP contribution in [0.5, 0.6) is 0 Å². The van der Waals surface area contributed by atoms with Crippen LogP contribution in [0.2, 0.25) is 0 Å². The maximum absolute atomic E-state index is 13.0. The maximum Gasteiger partial charge on any atom is 0.414 e. The molecular formula is C26H30N2O4. The topological polar surface area (TPSA) is 59.1 Å². The summed E-state index contributed by atoms with van der Waals surface area (Å²) in [5, 5.41) is 0. The fourth-order valence-corrected chi connectivity index (χ4v) is 6.36. The van der Waals surface area contributed by atoms with Crippen LogP contribution in [0.15, 0.2) is 60.7 Å². The monoisotopic (exact) mass is 434 g/mol. The number of carbonyl (C=O) groups excluding carboxylic acids is 2. The summed E-state index contributed by atoms with van der Waals surface area (Å²) in [6.07, 6.45) is 4.42. The van der Waals surface area contributed by atoms with Crippen LogP contribution in [0, 0.1) is 11.8 Å². The Morgan fingerprint density at radius 2 is 1.09 bits per heavy atom. The minimum atomic E-state index is -0.560. The number of hydrogen-bond donors (Lipinski definition) is 0. The summed E-state index contributed by atoms with van der Waals surface area (Å²) < 4.78 is 12.4. The summed E-state index contributed by atoms with van der Waals surface area (Å²) in [7, 11) is 3.48. The normalized spacial score (nSPS) is 29.9. The lowest BCUT2D eigenvalue weighted by molar-refractivity contribution is -0.196. The fourth-order valence-electron chi connectivity index (χ4n) is 6.36. The summed E-state index contributed by atoms with van der Waals surface area (Å²) in [5.41, 5.74) is 0.478. The quantitative estimate of drug-likeness (QED) is 0.626. The first kappa shape index (κ1) is 20.9. The Hall–Kier alpha value is -3.02. The molecule has 168 valence electrons. The zero-order valence-electron chi connectivity index (χ0n) is 18.7. The molecule has 0 atom stereocenters. The van der Waals surface area contributed by atoms with E-state index in [1.165, 1.54) is 0 Å². The Balaban J connectivity index is 1.33. The third-order valence-corrected chi connectivity index (χ3v) is 7.40. The van der Waals surface area contributed by atoms with E-state index in [9.17, 15) is 9.59 Å². The summed E-state index contributed by atoms with van der Waals surface area (Å²) in [6.45, 7) is 0. The number of anilines is 2. The first-order chi connectivity index (χ1) is 15.4. The molecule has 4 saturated carbocycles. The Morgan fingerprint density at radius 1 is 0.719 bits per heavy atom. The average molecular weight is 435 g/mol. The molecule has 4 aliphatic rings. The minimum absolute atomic E-state index is 0.346. The predicted octanol–water partition coefficient (Wildman–Crippen LogP) is 5.62. The van der Waals surface area contributed by atoms with Gasteiger partial charge in [-0.1, -0.05) is 36.4 Å². The van der Waals surface area contributed by atoms with Gasteiger partial charge < -0.3 is 9.47 Å². The number of nitrogens with zero attached hydrogens (tertiary/aromatic N) is 2. The highest BCUT2D eigenvalue weighted by atomic mass is 16.6. The van der Waals surface area contributed by atoms with E-state index < -0.39 is 11.2 Å². The Morgan fingerprint density at radius 3 is 1.47 bits per heavy atom. The lowest BCUT2D eigenvalue weighted by Crippen LogP contribution is -2.62. The number of benzene rings is 2. The number of rotatable bonds is 4. The highest BCUT2D eigenvalue weighted by Gasteiger charge is 2.62. The first-order valence-corrected chi connectivity index (χ1v) is 11.4. The van der Waals surface area contributed by atoms with Crippen molar-refractivity contribution in [3.05, 3.63) is 60.7 Å². The first-order valence-electron chi connectivity index (χ1n) is 11.4. The molecule has 2 aromatic rings. The molecule has 2 aromatic carbocycles. The van der Waals surface area contributed by atoms with Gasteiger partial charge in [0.15, 0.2) is 0 Å². The molecule has 32 heavy (non-hydrogen) atoms. The van der Waals surface area contributed by atoms with Crippen molar-refractivity contribution in [3.63, 3.8) is 0 Å². The van der Waals surface area contributed by atoms with Gasteiger partial charge in [-0.15, -0.1) is 0 Å². The Kier molecular flexibility index (Phi) is 5.11. The van der Waals surface area contributed by atoms with Gasteiger partial charge in [0.25, 0.3) is 0 Å². The zero-order valence-corrected chi connectivity index (χ0v) is 18.7. The molecule has 0 radical (unpaired) electrons. The molecule has 0 N–H and O–H groups in total. The van der Waals surface area contributed by atoms with Crippen LogP contribution in [0.25, 0.3) is 0 Å². The molecule has 4 fully saturated rings. The highest BCUT2D eigenvalue weighted by molar-refractivity contribution is 5.88. The van der Waals surface area contributed by atoms with E-state index in [-0.39, 0.29) is 12.2 Å². The van der Waals surface area contributed by atoms with Gasteiger partial charge in [-0.05, 0) is 68.2 Å². The van der Waals surface area contributed by atoms with E-state index in [2.05, 4.69) is 0 Å². The second kappa shape index (κ2) is 7.84. The van der Waals surface area contributed by atoms with Crippen LogP contribution in [-0.4, -0.2) is 37.5 Å². The molecule has 6 heteroatoms. The van der Waals surface area contributed by atoms with Gasteiger partial charge in [-0.3, -0.25) is 9.80 Å². The van der Waals surface area contributed by atoms with E-state index >= 15 is 0 Å². The molecular weight excluding hydrogens is 404 g/mol. The largest absolute Gasteiger partial charge is 0.442 e. The minimum Gasteiger partial charge on any atom is -0.442 e. The van der Waals surface area contributed by atoms with Gasteiger partial charge in [0.1, 0.15) is 11.2 Å². The van der Waals surface area contributed by atoms with Crippen molar-refractivity contribution in [1.82, 2.24) is 0 Å². The van der Waals surface area contributed by atoms with Crippen molar-refractivity contribution in [2.45, 2.75) is 49.7 Å². The number of hydrogen-bond acceptors (Lipinski definition) is 4. The van der Waals surface area contributed by atoms with Crippen LogP contribution in [-0.2, 0) is 9.47 Å². The standard InChI is InChI=1S/C26H30N2O4/c1-27(21-9-5-3-6-10-21)23(29)31-25-14-19-13-20(15-25)17-26(16-19,18-25)32-24(30)28(2)22-11-7-4-8-12-22/h3-12,19-20H,13-18H2,1-2H3. The van der Waals surface area contributed by atoms with E-state index in [0.29, 0.717) is 18.3 Å². The Labute approximate surface area is 189 Å². The molecule has 2 amide bonds. The maximum atomic E-state index is 13.0. The second-order valence-corrected chi connectivity index (χ2v) is 9.85. The van der Waals surface area contributed by atoms with Gasteiger partial charge in [-0.25, -0.2) is 9.59 Å². The van der Waals surface area contributed by atoms with E-state index in [1.54, 1.807) is 23.9 Å². The average Bonchev–Trinajstić information content (AvgIpc) is 2.77. The lowest BCUT2D eigenvalue weighted by atomic mass is 9.52. The molecule has 0 saturated heterocycles. The summed E-state index contributed by atoms with van der Waals surface area (Å²) >= 11 is 0. The van der Waals surface area contributed by atoms with Crippen molar-refractivity contribution in [2.75, 3.05) is 23.9 Å². The molecule has 0 heterocycles. The molecule has 0 aromatic heterocycles. The summed E-state index contributed by atoms with van der Waals surface area (Å²) in [4.78, 5) is 29.2. The van der Waals surface area contributed by atoms with Gasteiger partial charge in [0.05, 0.1) is 0 Å². The fraction of sp³-hybridized carbons (Fsp3) is 0.462. The SMILES string of the molecule is CN(C(=O)OC12CC3CC(C1)CC(OC(=O)N(C)c1ccccc1)(C3)C2)c1ccccc1. The highest BCUT2D eigenvalue weighted by Crippen LogP contribution is 2.60. The van der Waals surface area contributed by atoms with Crippen molar-refractivity contribution < 1.29 is 19.1 Å². The van der Waals surface area contributed by atoms with Gasteiger partial charge >= 0.3 is 12.2 Å². The molecule has 0 spiro atoms. The van der Waals surface area contributed by atoms with Crippen LogP contribution < -0.4 is 9.80 Å². The number of para-hydroxylation sites is 2. The number of ether oxygens (including phenoxy) is 2. The van der Waals surface area contributed by atoms with Crippen LogP contribution in [0.4, 0.5) is 21.0 Å². The molecule has 0 unspecified atom stereocenters. The lowest BCUT2D eigenvalue weighted by Gasteiger charge is -2.60. The van der Waals surface area contributed by atoms with Crippen molar-refractivity contribution >= 4 is 23.6 Å². The van der Waals surface area contributed by atoms with Gasteiger partial charge in [0, 0.05) is 31.9 Å². The Bertz CT molecular complexity index is 902. The zero-order chi connectivity index (χ0) is 22.3. The van der Waals surface area contributed by atoms with E-state index in [4.69, 9.17) is 9.47 Å². The van der Waals surface area contributed by atoms with Gasteiger partial charge in [0.2, 0.25) is 0 Å². The van der Waals surface area contributed by atoms with Crippen LogP contribution in [0.1, 0.15) is 38.5 Å². The van der Waals surface area contributed by atoms with Crippen molar-refractivity contribution in [2.24, 2.45) is 11.8 Å². The van der Waals surface area contributed by atoms with Crippen molar-refractivity contribution in [1.29, 1.82) is 0 Å². The predicted molar refractivity (Wildman–Crippen MR) is 123 cm³/mol. The smallest absolute Gasteiger partial charge is 0.414 e. The van der Waals surface area contributed by atoms with Crippen LogP contribution >= 0.6 is 0 Å². The number of amides is 2. The third-order valence-electron chi connectivity index (χ3n) is 7.40. The van der Waals surface area contributed by atoms with Crippen LogP contribution in [0.3, 0.4) is 0 Å².